The highest BCUT2D eigenvalue weighted by atomic mass is 32.2. The molecule has 6 heteroatoms. The lowest BCUT2D eigenvalue weighted by atomic mass is 9.87. The first kappa shape index (κ1) is 16.9. The van der Waals surface area contributed by atoms with Gasteiger partial charge < -0.3 is 9.47 Å². The Bertz CT molecular complexity index is 725. The van der Waals surface area contributed by atoms with Gasteiger partial charge in [-0.15, -0.1) is 0 Å². The van der Waals surface area contributed by atoms with Crippen LogP contribution in [0.25, 0.3) is 6.08 Å². The summed E-state index contributed by atoms with van der Waals surface area (Å²) in [5, 5.41) is 0. The molecule has 1 aromatic carbocycles. The fourth-order valence-corrected chi connectivity index (χ4v) is 4.94. The Kier molecular flexibility index (Phi) is 4.99. The first-order chi connectivity index (χ1) is 12.2. The first-order valence-electron chi connectivity index (χ1n) is 8.86. The highest BCUT2D eigenvalue weighted by molar-refractivity contribution is 8.26. The van der Waals surface area contributed by atoms with Crippen LogP contribution in [-0.2, 0) is 4.79 Å². The number of thioether (sulfide) groups is 1. The molecule has 1 aliphatic carbocycles. The SMILES string of the molecule is O=C1/C(=C\c2ccc3c(c2)OCO3)SC(=S)N1CCC1CCCCC1. The quantitative estimate of drug-likeness (QED) is 0.569. The molecular formula is C19H21NO3S2. The summed E-state index contributed by atoms with van der Waals surface area (Å²) in [5.41, 5.74) is 0.928. The van der Waals surface area contributed by atoms with Gasteiger partial charge in [-0.3, -0.25) is 9.69 Å². The Labute approximate surface area is 157 Å². The van der Waals surface area contributed by atoms with Crippen LogP contribution in [0.15, 0.2) is 23.1 Å². The second-order valence-corrected chi connectivity index (χ2v) is 8.41. The summed E-state index contributed by atoms with van der Waals surface area (Å²) >= 11 is 6.83. The summed E-state index contributed by atoms with van der Waals surface area (Å²) < 4.78 is 11.4. The molecule has 1 amide bonds. The smallest absolute Gasteiger partial charge is 0.266 e. The number of hydrogen-bond donors (Lipinski definition) is 0. The van der Waals surface area contributed by atoms with Gasteiger partial charge in [0.1, 0.15) is 4.32 Å². The van der Waals surface area contributed by atoms with Crippen LogP contribution < -0.4 is 9.47 Å². The zero-order chi connectivity index (χ0) is 17.2. The molecule has 1 aromatic rings. The summed E-state index contributed by atoms with van der Waals surface area (Å²) in [7, 11) is 0. The zero-order valence-electron chi connectivity index (χ0n) is 14.0. The van der Waals surface area contributed by atoms with Crippen LogP contribution in [-0.4, -0.2) is 28.5 Å². The number of fused-ring (bicyclic) bond motifs is 1. The molecule has 0 aromatic heterocycles. The molecule has 25 heavy (non-hydrogen) atoms. The van der Waals surface area contributed by atoms with Crippen molar-refractivity contribution in [2.75, 3.05) is 13.3 Å². The third-order valence-electron chi connectivity index (χ3n) is 5.05. The maximum absolute atomic E-state index is 12.7. The highest BCUT2D eigenvalue weighted by Gasteiger charge is 2.32. The van der Waals surface area contributed by atoms with Crippen molar-refractivity contribution in [2.24, 2.45) is 5.92 Å². The third-order valence-corrected chi connectivity index (χ3v) is 6.43. The van der Waals surface area contributed by atoms with E-state index in [0.717, 1.165) is 35.9 Å². The van der Waals surface area contributed by atoms with Crippen LogP contribution in [0.2, 0.25) is 0 Å². The fraction of sp³-hybridized carbons (Fsp3) is 0.474. The first-order valence-corrected chi connectivity index (χ1v) is 10.1. The van der Waals surface area contributed by atoms with Crippen molar-refractivity contribution in [3.05, 3.63) is 28.7 Å². The largest absolute Gasteiger partial charge is 0.454 e. The summed E-state index contributed by atoms with van der Waals surface area (Å²) in [6.45, 7) is 0.996. The van der Waals surface area contributed by atoms with Crippen LogP contribution in [0, 0.1) is 5.92 Å². The maximum Gasteiger partial charge on any atom is 0.266 e. The molecule has 3 aliphatic rings. The molecule has 1 saturated carbocycles. The van der Waals surface area contributed by atoms with Gasteiger partial charge in [-0.25, -0.2) is 0 Å². The van der Waals surface area contributed by atoms with Gasteiger partial charge in [0.15, 0.2) is 11.5 Å². The molecule has 1 saturated heterocycles. The third kappa shape index (κ3) is 3.70. The number of amides is 1. The van der Waals surface area contributed by atoms with E-state index in [9.17, 15) is 4.79 Å². The maximum atomic E-state index is 12.7. The Morgan fingerprint density at radius 3 is 2.84 bits per heavy atom. The second kappa shape index (κ2) is 7.38. The van der Waals surface area contributed by atoms with E-state index in [1.54, 1.807) is 4.90 Å². The van der Waals surface area contributed by atoms with Crippen LogP contribution >= 0.6 is 24.0 Å². The van der Waals surface area contributed by atoms with E-state index in [2.05, 4.69) is 0 Å². The molecule has 4 rings (SSSR count). The van der Waals surface area contributed by atoms with Crippen LogP contribution in [0.5, 0.6) is 11.5 Å². The molecule has 2 heterocycles. The summed E-state index contributed by atoms with van der Waals surface area (Å²) in [6, 6.07) is 5.71. The number of rotatable bonds is 4. The molecule has 0 radical (unpaired) electrons. The number of ether oxygens (including phenoxy) is 2. The van der Waals surface area contributed by atoms with Crippen molar-refractivity contribution < 1.29 is 14.3 Å². The van der Waals surface area contributed by atoms with E-state index in [1.807, 2.05) is 24.3 Å². The number of nitrogens with zero attached hydrogens (tertiary/aromatic N) is 1. The number of thiocarbonyl (C=S) groups is 1. The van der Waals surface area contributed by atoms with Gasteiger partial charge >= 0.3 is 0 Å². The predicted octanol–water partition coefficient (Wildman–Crippen LogP) is 4.59. The molecule has 0 spiro atoms. The van der Waals surface area contributed by atoms with Crippen molar-refractivity contribution in [3.63, 3.8) is 0 Å². The number of hydrogen-bond acceptors (Lipinski definition) is 5. The molecule has 132 valence electrons. The summed E-state index contributed by atoms with van der Waals surface area (Å²) in [6.07, 6.45) is 9.55. The minimum atomic E-state index is 0.0310. The average molecular weight is 376 g/mol. The van der Waals surface area contributed by atoms with Crippen molar-refractivity contribution in [1.29, 1.82) is 0 Å². The standard InChI is InChI=1S/C19H21NO3S2/c21-18-17(11-14-6-7-15-16(10-14)23-12-22-15)25-19(24)20(18)9-8-13-4-2-1-3-5-13/h6-7,10-11,13H,1-5,8-9,12H2/b17-11+. The monoisotopic (exact) mass is 375 g/mol. The van der Waals surface area contributed by atoms with E-state index in [-0.39, 0.29) is 12.7 Å². The molecule has 2 fully saturated rings. The van der Waals surface area contributed by atoms with Gasteiger partial charge in [0, 0.05) is 6.54 Å². The van der Waals surface area contributed by atoms with Gasteiger partial charge in [-0.1, -0.05) is 62.2 Å². The van der Waals surface area contributed by atoms with Crippen LogP contribution in [0.4, 0.5) is 0 Å². The number of benzene rings is 1. The van der Waals surface area contributed by atoms with E-state index in [0.29, 0.717) is 9.23 Å². The minimum Gasteiger partial charge on any atom is -0.454 e. The second-order valence-electron chi connectivity index (χ2n) is 6.74. The van der Waals surface area contributed by atoms with Crippen LogP contribution in [0.1, 0.15) is 44.1 Å². The topological polar surface area (TPSA) is 38.8 Å². The van der Waals surface area contributed by atoms with Gasteiger partial charge in [0.25, 0.3) is 5.91 Å². The average Bonchev–Trinajstić information content (AvgIpc) is 3.19. The van der Waals surface area contributed by atoms with Crippen molar-refractivity contribution in [1.82, 2.24) is 4.90 Å². The highest BCUT2D eigenvalue weighted by Crippen LogP contribution is 2.37. The predicted molar refractivity (Wildman–Crippen MR) is 104 cm³/mol. The number of carbonyl (C=O) groups is 1. The van der Waals surface area contributed by atoms with Crippen molar-refractivity contribution in [2.45, 2.75) is 38.5 Å². The molecule has 0 N–H and O–H groups in total. The van der Waals surface area contributed by atoms with Gasteiger partial charge in [-0.05, 0) is 36.1 Å². The normalized spacial score (nSPS) is 22.2. The summed E-state index contributed by atoms with van der Waals surface area (Å²) in [5.74, 6) is 2.25. The minimum absolute atomic E-state index is 0.0310. The molecule has 2 aliphatic heterocycles. The van der Waals surface area contributed by atoms with Gasteiger partial charge in [0.05, 0.1) is 4.91 Å². The Morgan fingerprint density at radius 2 is 2.00 bits per heavy atom. The Morgan fingerprint density at radius 1 is 1.20 bits per heavy atom. The lowest BCUT2D eigenvalue weighted by Gasteiger charge is -2.23. The van der Waals surface area contributed by atoms with Gasteiger partial charge in [-0.2, -0.15) is 0 Å². The van der Waals surface area contributed by atoms with Gasteiger partial charge in [0.2, 0.25) is 6.79 Å². The van der Waals surface area contributed by atoms with E-state index >= 15 is 0 Å². The Balaban J connectivity index is 1.43. The summed E-state index contributed by atoms with van der Waals surface area (Å²) in [4.78, 5) is 15.2. The van der Waals surface area contributed by atoms with E-state index < -0.39 is 0 Å². The molecule has 0 bridgehead atoms. The molecule has 0 unspecified atom stereocenters. The molecule has 0 atom stereocenters. The molecule has 4 nitrogen and oxygen atoms in total. The Hall–Kier alpha value is -1.53. The van der Waals surface area contributed by atoms with Crippen molar-refractivity contribution >= 4 is 40.3 Å². The zero-order valence-corrected chi connectivity index (χ0v) is 15.7. The van der Waals surface area contributed by atoms with Crippen molar-refractivity contribution in [3.8, 4) is 11.5 Å². The lowest BCUT2D eigenvalue weighted by molar-refractivity contribution is -0.122. The van der Waals surface area contributed by atoms with E-state index in [1.165, 1.54) is 43.9 Å². The fourth-order valence-electron chi connectivity index (χ4n) is 3.63. The lowest BCUT2D eigenvalue weighted by Crippen LogP contribution is -2.30. The van der Waals surface area contributed by atoms with Crippen LogP contribution in [0.3, 0.4) is 0 Å². The molecular weight excluding hydrogens is 354 g/mol. The van der Waals surface area contributed by atoms with E-state index in [4.69, 9.17) is 21.7 Å². The number of carbonyl (C=O) groups excluding carboxylic acids is 1.